The van der Waals surface area contributed by atoms with Gasteiger partial charge in [-0.2, -0.15) is 5.48 Å². The van der Waals surface area contributed by atoms with Crippen LogP contribution in [0.4, 0.5) is 0 Å². The van der Waals surface area contributed by atoms with E-state index in [9.17, 15) is 0 Å². The maximum absolute atomic E-state index is 5.80. The summed E-state index contributed by atoms with van der Waals surface area (Å²) < 4.78 is 0. The lowest BCUT2D eigenvalue weighted by Gasteiger charge is -2.29. The third-order valence-corrected chi connectivity index (χ3v) is 4.11. The lowest BCUT2D eigenvalue weighted by Crippen LogP contribution is -2.35. The summed E-state index contributed by atoms with van der Waals surface area (Å²) in [5.74, 6) is 0. The maximum atomic E-state index is 5.80. The van der Waals surface area contributed by atoms with Gasteiger partial charge in [0.25, 0.3) is 0 Å². The van der Waals surface area contributed by atoms with Gasteiger partial charge in [0, 0.05) is 6.04 Å². The Morgan fingerprint density at radius 3 is 2.47 bits per heavy atom. The molecule has 0 amide bonds. The zero-order valence-corrected chi connectivity index (χ0v) is 12.5. The van der Waals surface area contributed by atoms with Crippen LogP contribution in [0.3, 0.4) is 0 Å². The van der Waals surface area contributed by atoms with Crippen LogP contribution >= 0.6 is 0 Å². The normalized spacial score (nSPS) is 18.7. The molecule has 0 radical (unpaired) electrons. The van der Waals surface area contributed by atoms with Gasteiger partial charge in [-0.1, -0.05) is 57.0 Å². The second kappa shape index (κ2) is 6.53. The van der Waals surface area contributed by atoms with Crippen LogP contribution in [-0.4, -0.2) is 12.1 Å². The highest BCUT2D eigenvalue weighted by Gasteiger charge is 2.24. The molecule has 0 bridgehead atoms. The highest BCUT2D eigenvalue weighted by molar-refractivity contribution is 5.23. The molecule has 2 rings (SSSR count). The van der Waals surface area contributed by atoms with Crippen LogP contribution in [0.25, 0.3) is 0 Å². The topological polar surface area (TPSA) is 21.3 Å². The van der Waals surface area contributed by atoms with Crippen LogP contribution < -0.4 is 5.48 Å². The van der Waals surface area contributed by atoms with Crippen LogP contribution in [0.2, 0.25) is 0 Å². The Morgan fingerprint density at radius 1 is 1.21 bits per heavy atom. The first-order valence-corrected chi connectivity index (χ1v) is 7.54. The highest BCUT2D eigenvalue weighted by Crippen LogP contribution is 2.28. The third-order valence-electron chi connectivity index (χ3n) is 4.11. The average molecular weight is 261 g/mol. The fraction of sp³-hybridized carbons (Fsp3) is 0.647. The number of hydrogen-bond donors (Lipinski definition) is 1. The summed E-state index contributed by atoms with van der Waals surface area (Å²) in [6, 6.07) is 11.1. The molecular weight excluding hydrogens is 234 g/mol. The Kier molecular flexibility index (Phi) is 5.00. The zero-order chi connectivity index (χ0) is 13.7. The van der Waals surface area contributed by atoms with Crippen molar-refractivity contribution in [2.75, 3.05) is 0 Å². The van der Waals surface area contributed by atoms with Crippen molar-refractivity contribution in [3.05, 3.63) is 35.9 Å². The second-order valence-corrected chi connectivity index (χ2v) is 6.50. The molecule has 0 heterocycles. The molecule has 1 saturated carbocycles. The minimum absolute atomic E-state index is 0.173. The van der Waals surface area contributed by atoms with E-state index in [-0.39, 0.29) is 5.41 Å². The van der Waals surface area contributed by atoms with Crippen LogP contribution in [-0.2, 0) is 10.3 Å². The van der Waals surface area contributed by atoms with Crippen molar-refractivity contribution in [3.8, 4) is 0 Å². The highest BCUT2D eigenvalue weighted by atomic mass is 16.7. The summed E-state index contributed by atoms with van der Waals surface area (Å²) in [5, 5.41) is 0. The van der Waals surface area contributed by atoms with E-state index in [2.05, 4.69) is 56.6 Å². The van der Waals surface area contributed by atoms with Gasteiger partial charge < -0.3 is 0 Å². The average Bonchev–Trinajstić information content (AvgIpc) is 2.90. The monoisotopic (exact) mass is 261 g/mol. The Labute approximate surface area is 117 Å². The van der Waals surface area contributed by atoms with Crippen LogP contribution in [0.5, 0.6) is 0 Å². The molecule has 0 spiro atoms. The van der Waals surface area contributed by atoms with Gasteiger partial charge in [-0.25, -0.2) is 0 Å². The lowest BCUT2D eigenvalue weighted by atomic mass is 9.79. The minimum Gasteiger partial charge on any atom is -0.298 e. The van der Waals surface area contributed by atoms with Gasteiger partial charge in [0.05, 0.1) is 6.10 Å². The minimum atomic E-state index is 0.173. The molecule has 2 nitrogen and oxygen atoms in total. The molecular formula is C17H27NO. The SMILES string of the molecule is CC(CC(C)(C)c1ccccc1)NOC1CCCC1. The number of hydroxylamine groups is 1. The molecule has 1 aliphatic rings. The van der Waals surface area contributed by atoms with Crippen molar-refractivity contribution >= 4 is 0 Å². The van der Waals surface area contributed by atoms with E-state index in [0.29, 0.717) is 12.1 Å². The van der Waals surface area contributed by atoms with Gasteiger partial charge in [0.2, 0.25) is 0 Å². The van der Waals surface area contributed by atoms with E-state index >= 15 is 0 Å². The van der Waals surface area contributed by atoms with E-state index in [1.807, 2.05) is 0 Å². The number of nitrogens with one attached hydrogen (secondary N) is 1. The molecule has 1 aromatic rings. The molecule has 1 aliphatic carbocycles. The van der Waals surface area contributed by atoms with Crippen molar-refractivity contribution in [1.29, 1.82) is 0 Å². The first-order chi connectivity index (χ1) is 9.08. The summed E-state index contributed by atoms with van der Waals surface area (Å²) >= 11 is 0. The van der Waals surface area contributed by atoms with Crippen LogP contribution in [0.1, 0.15) is 58.4 Å². The first kappa shape index (κ1) is 14.5. The summed E-state index contributed by atoms with van der Waals surface area (Å²) in [6.07, 6.45) is 6.56. The quantitative estimate of drug-likeness (QED) is 0.775. The molecule has 1 fully saturated rings. The molecule has 1 unspecified atom stereocenters. The summed E-state index contributed by atoms with van der Waals surface area (Å²) in [5.41, 5.74) is 4.82. The first-order valence-electron chi connectivity index (χ1n) is 7.54. The molecule has 1 N–H and O–H groups in total. The maximum Gasteiger partial charge on any atom is 0.0790 e. The lowest BCUT2D eigenvalue weighted by molar-refractivity contribution is -0.0410. The second-order valence-electron chi connectivity index (χ2n) is 6.50. The zero-order valence-electron chi connectivity index (χ0n) is 12.5. The smallest absolute Gasteiger partial charge is 0.0790 e. The Hall–Kier alpha value is -0.860. The van der Waals surface area contributed by atoms with Gasteiger partial charge in [0.15, 0.2) is 0 Å². The molecule has 0 aliphatic heterocycles. The van der Waals surface area contributed by atoms with E-state index in [4.69, 9.17) is 4.84 Å². The number of rotatable bonds is 6. The standard InChI is InChI=1S/C17H27NO/c1-14(18-19-16-11-7-8-12-16)13-17(2,3)15-9-5-4-6-10-15/h4-6,9-10,14,16,18H,7-8,11-13H2,1-3H3. The predicted molar refractivity (Wildman–Crippen MR) is 80.0 cm³/mol. The summed E-state index contributed by atoms with van der Waals surface area (Å²) in [7, 11) is 0. The third kappa shape index (κ3) is 4.32. The number of benzene rings is 1. The van der Waals surface area contributed by atoms with Gasteiger partial charge in [-0.05, 0) is 37.2 Å². The largest absolute Gasteiger partial charge is 0.298 e. The fourth-order valence-corrected chi connectivity index (χ4v) is 3.03. The van der Waals surface area contributed by atoms with E-state index in [0.717, 1.165) is 6.42 Å². The fourth-order valence-electron chi connectivity index (χ4n) is 3.03. The molecule has 1 aromatic carbocycles. The molecule has 0 aromatic heterocycles. The Balaban J connectivity index is 1.81. The van der Waals surface area contributed by atoms with Crippen molar-refractivity contribution in [3.63, 3.8) is 0 Å². The Morgan fingerprint density at radius 2 is 1.84 bits per heavy atom. The predicted octanol–water partition coefficient (Wildman–Crippen LogP) is 4.21. The van der Waals surface area contributed by atoms with E-state index < -0.39 is 0 Å². The van der Waals surface area contributed by atoms with E-state index in [1.54, 1.807) is 0 Å². The summed E-state index contributed by atoms with van der Waals surface area (Å²) in [4.78, 5) is 5.80. The number of hydrogen-bond acceptors (Lipinski definition) is 2. The van der Waals surface area contributed by atoms with Gasteiger partial charge in [-0.15, -0.1) is 0 Å². The van der Waals surface area contributed by atoms with E-state index in [1.165, 1.54) is 31.2 Å². The van der Waals surface area contributed by atoms with Crippen molar-refractivity contribution in [2.24, 2.45) is 0 Å². The van der Waals surface area contributed by atoms with Gasteiger partial charge in [-0.3, -0.25) is 4.84 Å². The van der Waals surface area contributed by atoms with Crippen LogP contribution in [0.15, 0.2) is 30.3 Å². The molecule has 0 saturated heterocycles. The molecule has 106 valence electrons. The van der Waals surface area contributed by atoms with Crippen molar-refractivity contribution in [1.82, 2.24) is 5.48 Å². The Bertz CT molecular complexity index is 368. The van der Waals surface area contributed by atoms with Crippen molar-refractivity contribution < 1.29 is 4.84 Å². The molecule has 2 heteroatoms. The van der Waals surface area contributed by atoms with Crippen LogP contribution in [0, 0.1) is 0 Å². The molecule has 19 heavy (non-hydrogen) atoms. The summed E-state index contributed by atoms with van der Waals surface area (Å²) in [6.45, 7) is 6.81. The molecule has 1 atom stereocenters. The van der Waals surface area contributed by atoms with Gasteiger partial charge >= 0.3 is 0 Å². The van der Waals surface area contributed by atoms with Crippen molar-refractivity contribution in [2.45, 2.75) is 70.4 Å². The van der Waals surface area contributed by atoms with Gasteiger partial charge in [0.1, 0.15) is 0 Å².